The lowest BCUT2D eigenvalue weighted by Gasteiger charge is -2.28. The predicted molar refractivity (Wildman–Crippen MR) is 142 cm³/mol. The van der Waals surface area contributed by atoms with Gasteiger partial charge in [0.25, 0.3) is 0 Å². The van der Waals surface area contributed by atoms with E-state index in [1.807, 2.05) is 42.5 Å². The van der Waals surface area contributed by atoms with Crippen molar-refractivity contribution in [3.8, 4) is 21.8 Å². The number of anilines is 3. The number of ether oxygens (including phenoxy) is 1. The number of fused-ring (bicyclic) bond motifs is 1. The fourth-order valence-corrected chi connectivity index (χ4v) is 5.62. The molecule has 3 heterocycles. The summed E-state index contributed by atoms with van der Waals surface area (Å²) >= 11 is 1.66. The maximum Gasteiger partial charge on any atom is 0.221 e. The van der Waals surface area contributed by atoms with Gasteiger partial charge in [-0.2, -0.15) is 0 Å². The molecule has 2 aromatic heterocycles. The van der Waals surface area contributed by atoms with Crippen molar-refractivity contribution in [2.75, 3.05) is 42.3 Å². The lowest BCUT2D eigenvalue weighted by molar-refractivity contribution is -0.114. The maximum atomic E-state index is 11.6. The highest BCUT2D eigenvalue weighted by Crippen LogP contribution is 2.43. The number of carbonyl (C=O) groups is 1. The van der Waals surface area contributed by atoms with Crippen LogP contribution in [-0.2, 0) is 9.53 Å². The van der Waals surface area contributed by atoms with Gasteiger partial charge in [-0.3, -0.25) is 10.2 Å². The molecule has 0 radical (unpaired) electrons. The zero-order valence-electron chi connectivity index (χ0n) is 19.7. The number of aryl methyl sites for hydroxylation is 1. The second-order valence-electron chi connectivity index (χ2n) is 8.44. The smallest absolute Gasteiger partial charge is 0.221 e. The van der Waals surface area contributed by atoms with E-state index in [0.717, 1.165) is 61.9 Å². The number of nitrogen functional groups attached to an aromatic ring is 1. The van der Waals surface area contributed by atoms with Crippen LogP contribution >= 0.6 is 11.3 Å². The normalized spacial score (nSPS) is 13.7. The van der Waals surface area contributed by atoms with E-state index < -0.39 is 0 Å². The van der Waals surface area contributed by atoms with Crippen molar-refractivity contribution in [3.63, 3.8) is 0 Å². The van der Waals surface area contributed by atoms with E-state index in [4.69, 9.17) is 25.8 Å². The second kappa shape index (κ2) is 9.44. The Labute approximate surface area is 207 Å². The molecule has 0 spiro atoms. The van der Waals surface area contributed by atoms with E-state index in [0.29, 0.717) is 24.7 Å². The fourth-order valence-electron chi connectivity index (χ4n) is 4.36. The average molecular weight is 488 g/mol. The van der Waals surface area contributed by atoms with Crippen molar-refractivity contribution in [1.82, 2.24) is 9.97 Å². The summed E-state index contributed by atoms with van der Waals surface area (Å²) in [6.45, 7) is 6.39. The number of thiophene rings is 1. The van der Waals surface area contributed by atoms with Crippen molar-refractivity contribution in [2.24, 2.45) is 0 Å². The maximum absolute atomic E-state index is 11.6. The molecule has 0 bridgehead atoms. The van der Waals surface area contributed by atoms with Gasteiger partial charge >= 0.3 is 0 Å². The van der Waals surface area contributed by atoms with Gasteiger partial charge in [-0.15, -0.1) is 11.3 Å². The Bertz CT molecular complexity index is 1440. The molecule has 9 heteroatoms. The molecule has 2 aromatic carbocycles. The van der Waals surface area contributed by atoms with Gasteiger partial charge in [-0.1, -0.05) is 24.3 Å². The molecule has 0 atom stereocenters. The van der Waals surface area contributed by atoms with Gasteiger partial charge in [-0.25, -0.2) is 9.97 Å². The van der Waals surface area contributed by atoms with Gasteiger partial charge in [0.2, 0.25) is 5.91 Å². The van der Waals surface area contributed by atoms with Gasteiger partial charge in [-0.05, 0) is 36.2 Å². The zero-order valence-corrected chi connectivity index (χ0v) is 20.5. The van der Waals surface area contributed by atoms with Crippen LogP contribution < -0.4 is 21.4 Å². The summed E-state index contributed by atoms with van der Waals surface area (Å²) in [5.41, 5.74) is 12.0. The topological polar surface area (TPSA) is 119 Å². The van der Waals surface area contributed by atoms with Crippen LogP contribution in [0.2, 0.25) is 0 Å². The Kier molecular flexibility index (Phi) is 6.19. The number of hydrogen-bond acceptors (Lipinski definition) is 7. The summed E-state index contributed by atoms with van der Waals surface area (Å²) in [7, 11) is 0. The second-order valence-corrected chi connectivity index (χ2v) is 9.46. The van der Waals surface area contributed by atoms with Crippen LogP contribution in [0.4, 0.5) is 17.2 Å². The summed E-state index contributed by atoms with van der Waals surface area (Å²) in [5.74, 6) is 1.37. The van der Waals surface area contributed by atoms with Crippen LogP contribution in [0.5, 0.6) is 0 Å². The van der Waals surface area contributed by atoms with E-state index in [2.05, 4.69) is 17.1 Å². The molecule has 1 amide bonds. The van der Waals surface area contributed by atoms with Crippen LogP contribution in [0, 0.1) is 6.92 Å². The minimum Gasteiger partial charge on any atom is -0.398 e. The first-order chi connectivity index (χ1) is 17.0. The highest BCUT2D eigenvalue weighted by molar-refractivity contribution is 7.23. The molecule has 1 fully saturated rings. The minimum absolute atomic E-state index is 0.102. The molecule has 8 nitrogen and oxygen atoms in total. The number of hydrogen-bond donors (Lipinski definition) is 3. The van der Waals surface area contributed by atoms with E-state index in [-0.39, 0.29) is 5.91 Å². The number of nitrogens with one attached hydrogen (secondary N) is 1. The van der Waals surface area contributed by atoms with Gasteiger partial charge in [0.1, 0.15) is 0 Å². The molecule has 0 saturated carbocycles. The molecule has 1 aliphatic rings. The van der Waals surface area contributed by atoms with Crippen molar-refractivity contribution >= 4 is 50.9 Å². The first-order valence-electron chi connectivity index (χ1n) is 11.4. The molecule has 5 rings (SSSR count). The lowest BCUT2D eigenvalue weighted by Crippen LogP contribution is -2.37. The van der Waals surface area contributed by atoms with Crippen LogP contribution in [0.1, 0.15) is 18.1 Å². The number of morpholine rings is 1. The first-order valence-corrected chi connectivity index (χ1v) is 12.2. The number of carbonyl (C=O) groups excluding carboxylic acids is 1. The highest BCUT2D eigenvalue weighted by atomic mass is 32.1. The molecule has 5 N–H and O–H groups in total. The van der Waals surface area contributed by atoms with Gasteiger partial charge in [0.05, 0.1) is 29.0 Å². The number of benzene rings is 2. The minimum atomic E-state index is -0.102. The van der Waals surface area contributed by atoms with Crippen molar-refractivity contribution < 1.29 is 14.9 Å². The average Bonchev–Trinajstić information content (AvgIpc) is 3.20. The molecule has 35 heavy (non-hydrogen) atoms. The van der Waals surface area contributed by atoms with Crippen molar-refractivity contribution in [3.05, 3.63) is 53.6 Å². The van der Waals surface area contributed by atoms with E-state index in [1.165, 1.54) is 13.1 Å². The highest BCUT2D eigenvalue weighted by Gasteiger charge is 2.24. The van der Waals surface area contributed by atoms with Crippen LogP contribution in [-0.4, -0.2) is 48.4 Å². The van der Waals surface area contributed by atoms with E-state index >= 15 is 0 Å². The first kappa shape index (κ1) is 22.9. The van der Waals surface area contributed by atoms with Gasteiger partial charge in [0, 0.05) is 41.8 Å². The summed E-state index contributed by atoms with van der Waals surface area (Å²) in [4.78, 5) is 25.0. The number of nitrogens with zero attached hydrogens (tertiary/aromatic N) is 3. The van der Waals surface area contributed by atoms with Crippen LogP contribution in [0.3, 0.4) is 0 Å². The zero-order chi connectivity index (χ0) is 24.5. The van der Waals surface area contributed by atoms with Crippen molar-refractivity contribution in [1.29, 1.82) is 0 Å². The molecule has 4 aromatic rings. The third kappa shape index (κ3) is 4.36. The summed E-state index contributed by atoms with van der Waals surface area (Å²) in [5, 5.41) is 8.79. The Morgan fingerprint density at radius 2 is 1.97 bits per heavy atom. The Balaban J connectivity index is 1.73. The van der Waals surface area contributed by atoms with Crippen LogP contribution in [0.25, 0.3) is 32.0 Å². The number of nitrogens with two attached hydrogens (primary N) is 2. The molecular formula is C26H27N6O2S+. The Morgan fingerprint density at radius 3 is 2.71 bits per heavy atom. The molecule has 0 aliphatic carbocycles. The standard InChI is InChI=1S/C26H26N6O2S/c1-15-22-24(35-23(15)17-5-3-6-18(13-17)29-16(2)33)26(32-9-11-34-12-10-32)31-25(30-22)19-7-4-8-21(28)20(19)14-27/h3-8,13-14,27H,9-12,28H2,1-2H3,(H,29,33)/p+1. The SMILES string of the molecule is CC(=O)Nc1cccc(-c2sc3c(N4CCOCC4)nc(-c4cccc(N)c4C=[NH2+])nc3c2C)c1. The monoisotopic (exact) mass is 487 g/mol. The molecule has 1 aliphatic heterocycles. The van der Waals surface area contributed by atoms with Gasteiger partial charge < -0.3 is 20.7 Å². The van der Waals surface area contributed by atoms with E-state index in [9.17, 15) is 4.79 Å². The number of amides is 1. The fraction of sp³-hybridized carbons (Fsp3) is 0.231. The predicted octanol–water partition coefficient (Wildman–Crippen LogP) is 2.89. The quantitative estimate of drug-likeness (QED) is 0.294. The number of aromatic nitrogens is 2. The van der Waals surface area contributed by atoms with Crippen molar-refractivity contribution in [2.45, 2.75) is 13.8 Å². The summed E-state index contributed by atoms with van der Waals surface area (Å²) in [6, 6.07) is 13.5. The molecule has 178 valence electrons. The van der Waals surface area contributed by atoms with Crippen LogP contribution in [0.15, 0.2) is 42.5 Å². The molecule has 0 unspecified atom stereocenters. The lowest BCUT2D eigenvalue weighted by atomic mass is 10.1. The van der Waals surface area contributed by atoms with Gasteiger partial charge in [0.15, 0.2) is 17.9 Å². The molecule has 1 saturated heterocycles. The Hall–Kier alpha value is -3.82. The largest absolute Gasteiger partial charge is 0.398 e. The third-order valence-electron chi connectivity index (χ3n) is 6.05. The third-order valence-corrected chi connectivity index (χ3v) is 7.38. The summed E-state index contributed by atoms with van der Waals surface area (Å²) in [6.07, 6.45) is 1.51. The summed E-state index contributed by atoms with van der Waals surface area (Å²) < 4.78 is 6.61. The Morgan fingerprint density at radius 1 is 1.20 bits per heavy atom. The van der Waals surface area contributed by atoms with E-state index in [1.54, 1.807) is 11.3 Å². The number of rotatable bonds is 5. The molecular weight excluding hydrogens is 460 g/mol.